The van der Waals surface area contributed by atoms with Crippen molar-refractivity contribution in [1.29, 1.82) is 0 Å². The maximum atomic E-state index is 13.9. The molecule has 0 aliphatic carbocycles. The number of carbonyl (C=O) groups excluding carboxylic acids is 5. The number of nitrogens with zero attached hydrogens (tertiary/aromatic N) is 2. The Balaban J connectivity index is 1.76. The van der Waals surface area contributed by atoms with E-state index in [9.17, 15) is 33.4 Å². The molecule has 262 valence electrons. The SMILES string of the molecule is CC(=O)N1CCC[C@H]1C(=O)N[C@@H](C)C(=O)N[C@@H](C)P(=O)(O)CN(C(=O)CCCc1ccccc1)[C@@H](CC(C)C)C(=O)Nc1ccccc1. The van der Waals surface area contributed by atoms with Crippen LogP contribution >= 0.6 is 7.37 Å². The Hall–Kier alpha value is -4.02. The Morgan fingerprint density at radius 3 is 2.17 bits per heavy atom. The van der Waals surface area contributed by atoms with Crippen LogP contribution in [0.2, 0.25) is 0 Å². The van der Waals surface area contributed by atoms with Gasteiger partial charge in [0.1, 0.15) is 23.9 Å². The van der Waals surface area contributed by atoms with Crippen LogP contribution in [-0.4, -0.2) is 81.0 Å². The molecule has 0 spiro atoms. The van der Waals surface area contributed by atoms with Gasteiger partial charge in [0.05, 0.1) is 6.29 Å². The molecule has 1 unspecified atom stereocenters. The van der Waals surface area contributed by atoms with Gasteiger partial charge in [0.15, 0.2) is 0 Å². The monoisotopic (exact) mass is 683 g/mol. The van der Waals surface area contributed by atoms with Crippen molar-refractivity contribution < 1.29 is 33.4 Å². The Morgan fingerprint density at radius 1 is 0.938 bits per heavy atom. The predicted molar refractivity (Wildman–Crippen MR) is 185 cm³/mol. The third kappa shape index (κ3) is 11.3. The van der Waals surface area contributed by atoms with Crippen molar-refractivity contribution in [2.45, 2.75) is 97.1 Å². The lowest BCUT2D eigenvalue weighted by molar-refractivity contribution is -0.138. The van der Waals surface area contributed by atoms with E-state index in [0.29, 0.717) is 37.9 Å². The van der Waals surface area contributed by atoms with Gasteiger partial charge in [-0.25, -0.2) is 0 Å². The van der Waals surface area contributed by atoms with Gasteiger partial charge < -0.3 is 30.6 Å². The minimum atomic E-state index is -4.35. The highest BCUT2D eigenvalue weighted by Gasteiger charge is 2.39. The number of aryl methyl sites for hydroxylation is 1. The number of amides is 5. The number of hydrogen-bond donors (Lipinski definition) is 4. The average Bonchev–Trinajstić information content (AvgIpc) is 3.54. The number of benzene rings is 2. The lowest BCUT2D eigenvalue weighted by Gasteiger charge is -2.35. The molecule has 48 heavy (non-hydrogen) atoms. The van der Waals surface area contributed by atoms with Crippen molar-refractivity contribution in [3.8, 4) is 0 Å². The van der Waals surface area contributed by atoms with E-state index in [4.69, 9.17) is 0 Å². The van der Waals surface area contributed by atoms with Gasteiger partial charge in [-0.1, -0.05) is 62.4 Å². The van der Waals surface area contributed by atoms with Crippen LogP contribution in [0, 0.1) is 5.92 Å². The fourth-order valence-electron chi connectivity index (χ4n) is 5.72. The van der Waals surface area contributed by atoms with Crippen molar-refractivity contribution >= 4 is 42.6 Å². The third-order valence-corrected chi connectivity index (χ3v) is 10.5. The summed E-state index contributed by atoms with van der Waals surface area (Å²) in [6, 6.07) is 15.6. The second-order valence-corrected chi connectivity index (χ2v) is 15.5. The zero-order valence-electron chi connectivity index (χ0n) is 28.6. The highest BCUT2D eigenvalue weighted by atomic mass is 31.2. The summed E-state index contributed by atoms with van der Waals surface area (Å²) in [4.78, 5) is 79.3. The zero-order chi connectivity index (χ0) is 35.4. The van der Waals surface area contributed by atoms with Gasteiger partial charge in [0, 0.05) is 25.6 Å². The molecule has 5 amide bonds. The zero-order valence-corrected chi connectivity index (χ0v) is 29.4. The summed E-state index contributed by atoms with van der Waals surface area (Å²) in [5.74, 6) is -3.66. The average molecular weight is 684 g/mol. The van der Waals surface area contributed by atoms with E-state index in [2.05, 4.69) is 16.0 Å². The molecular weight excluding hydrogens is 633 g/mol. The largest absolute Gasteiger partial charge is 0.343 e. The lowest BCUT2D eigenvalue weighted by atomic mass is 10.0. The molecule has 1 heterocycles. The van der Waals surface area contributed by atoms with E-state index in [1.165, 1.54) is 30.6 Å². The number of hydrogen-bond acceptors (Lipinski definition) is 6. The van der Waals surface area contributed by atoms with Gasteiger partial charge in [-0.15, -0.1) is 0 Å². The van der Waals surface area contributed by atoms with Crippen molar-refractivity contribution in [2.24, 2.45) is 5.92 Å². The smallest absolute Gasteiger partial charge is 0.247 e. The summed E-state index contributed by atoms with van der Waals surface area (Å²) >= 11 is 0. The molecule has 0 saturated carbocycles. The van der Waals surface area contributed by atoms with Gasteiger partial charge in [-0.3, -0.25) is 28.5 Å². The maximum absolute atomic E-state index is 13.9. The molecule has 1 aliphatic heterocycles. The Kier molecular flexibility index (Phi) is 14.4. The van der Waals surface area contributed by atoms with Crippen LogP contribution in [0.5, 0.6) is 0 Å². The number of carbonyl (C=O) groups is 5. The highest BCUT2D eigenvalue weighted by Crippen LogP contribution is 2.46. The first-order chi connectivity index (χ1) is 22.7. The maximum Gasteiger partial charge on any atom is 0.247 e. The first-order valence-electron chi connectivity index (χ1n) is 16.6. The van der Waals surface area contributed by atoms with Gasteiger partial charge in [0.25, 0.3) is 0 Å². The molecule has 5 atom stereocenters. The van der Waals surface area contributed by atoms with Gasteiger partial charge in [0.2, 0.25) is 36.9 Å². The van der Waals surface area contributed by atoms with E-state index in [-0.39, 0.29) is 24.7 Å². The van der Waals surface area contributed by atoms with Gasteiger partial charge in [-0.05, 0) is 69.6 Å². The molecule has 12 nitrogen and oxygen atoms in total. The molecule has 13 heteroatoms. The van der Waals surface area contributed by atoms with Crippen molar-refractivity contribution in [2.75, 3.05) is 18.1 Å². The first kappa shape index (κ1) is 38.4. The van der Waals surface area contributed by atoms with Crippen molar-refractivity contribution in [3.63, 3.8) is 0 Å². The molecule has 0 aromatic heterocycles. The van der Waals surface area contributed by atoms with Crippen molar-refractivity contribution in [3.05, 3.63) is 66.2 Å². The summed E-state index contributed by atoms with van der Waals surface area (Å²) in [6.07, 6.45) is 1.86. The summed E-state index contributed by atoms with van der Waals surface area (Å²) in [6.45, 7) is 8.46. The van der Waals surface area contributed by atoms with E-state index in [0.717, 1.165) is 5.56 Å². The Morgan fingerprint density at radius 2 is 1.56 bits per heavy atom. The molecular formula is C35H50N5O7P. The molecule has 1 saturated heterocycles. The Bertz CT molecular complexity index is 1460. The van der Waals surface area contributed by atoms with Crippen LogP contribution in [0.4, 0.5) is 5.69 Å². The molecule has 0 radical (unpaired) electrons. The van der Waals surface area contributed by atoms with Gasteiger partial charge >= 0.3 is 0 Å². The first-order valence-corrected chi connectivity index (χ1v) is 18.5. The number of para-hydroxylation sites is 1. The fourth-order valence-corrected chi connectivity index (χ4v) is 7.08. The lowest BCUT2D eigenvalue weighted by Crippen LogP contribution is -2.53. The number of rotatable bonds is 16. The second-order valence-electron chi connectivity index (χ2n) is 12.9. The van der Waals surface area contributed by atoms with Crippen LogP contribution in [0.1, 0.15) is 72.3 Å². The molecule has 1 fully saturated rings. The predicted octanol–water partition coefficient (Wildman–Crippen LogP) is 4.10. The van der Waals surface area contributed by atoms with Gasteiger partial charge in [-0.2, -0.15) is 0 Å². The van der Waals surface area contributed by atoms with Crippen LogP contribution in [0.25, 0.3) is 0 Å². The van der Waals surface area contributed by atoms with E-state index >= 15 is 0 Å². The summed E-state index contributed by atoms with van der Waals surface area (Å²) in [5.41, 5.74) is 1.57. The minimum absolute atomic E-state index is 0.0328. The van der Waals surface area contributed by atoms with Crippen LogP contribution < -0.4 is 16.0 Å². The molecule has 4 N–H and O–H groups in total. The van der Waals surface area contributed by atoms with Crippen LogP contribution in [-0.2, 0) is 35.0 Å². The molecule has 2 aromatic carbocycles. The molecule has 0 bridgehead atoms. The standard InChI is InChI=1S/C35H50N5O7P/c1-24(2)22-31(35(45)38-29-17-10-7-11-18-29)40(32(42)20-12-16-28-14-8-6-9-15-28)23-48(46,47)26(4)37-33(43)25(3)36-34(44)30-19-13-21-39(30)27(5)41/h6-11,14-15,17-18,24-26,30-31H,12-13,16,19-23H2,1-5H3,(H,36,44)(H,37,43)(H,38,45)(H,46,47)/t25-,26+,30-,31-/m0/s1. The number of likely N-dealkylation sites (tertiary alicyclic amines) is 1. The highest BCUT2D eigenvalue weighted by molar-refractivity contribution is 7.58. The summed E-state index contributed by atoms with van der Waals surface area (Å²) < 4.78 is 13.9. The van der Waals surface area contributed by atoms with Crippen molar-refractivity contribution in [1.82, 2.24) is 20.4 Å². The topological polar surface area (TPSA) is 165 Å². The third-order valence-electron chi connectivity index (χ3n) is 8.46. The van der Waals surface area contributed by atoms with E-state index in [1.807, 2.05) is 50.2 Å². The molecule has 3 rings (SSSR count). The van der Waals surface area contributed by atoms with Crippen LogP contribution in [0.15, 0.2) is 60.7 Å². The minimum Gasteiger partial charge on any atom is -0.343 e. The van der Waals surface area contributed by atoms with Crippen LogP contribution in [0.3, 0.4) is 0 Å². The number of nitrogens with one attached hydrogen (secondary N) is 3. The second kappa shape index (κ2) is 17.9. The van der Waals surface area contributed by atoms with E-state index < -0.39 is 61.2 Å². The Labute approximate surface area is 283 Å². The van der Waals surface area contributed by atoms with E-state index in [1.54, 1.807) is 24.3 Å². The normalized spacial score (nSPS) is 17.5. The summed E-state index contributed by atoms with van der Waals surface area (Å²) in [5, 5.41) is 7.96. The quantitative estimate of drug-likeness (QED) is 0.194. The molecule has 1 aliphatic rings. The molecule has 2 aromatic rings. The summed E-state index contributed by atoms with van der Waals surface area (Å²) in [7, 11) is -4.35. The fraction of sp³-hybridized carbons (Fsp3) is 0.514. The number of anilines is 1.